The van der Waals surface area contributed by atoms with Gasteiger partial charge in [-0.15, -0.1) is 0 Å². The molecule has 3 heterocycles. The molecule has 0 atom stereocenters. The van der Waals surface area contributed by atoms with Gasteiger partial charge >= 0.3 is 11.9 Å². The summed E-state index contributed by atoms with van der Waals surface area (Å²) in [5, 5.41) is 20.5. The minimum absolute atomic E-state index is 0.152. The molecule has 4 aromatic rings. The van der Waals surface area contributed by atoms with Crippen molar-refractivity contribution in [2.45, 2.75) is 6.92 Å². The number of rotatable bonds is 2. The fraction of sp³-hybridized carbons (Fsp3) is 0.0588. The normalized spacial score (nSPS) is 11.7. The summed E-state index contributed by atoms with van der Waals surface area (Å²) in [6.07, 6.45) is 0. The van der Waals surface area contributed by atoms with Gasteiger partial charge in [-0.1, -0.05) is 18.2 Å². The third-order valence-corrected chi connectivity index (χ3v) is 4.16. The van der Waals surface area contributed by atoms with E-state index in [-0.39, 0.29) is 11.1 Å². The molecular formula is C17H11NO4. The molecule has 3 aromatic heterocycles. The Balaban J connectivity index is 2.46. The molecule has 0 aliphatic carbocycles. The molecular weight excluding hydrogens is 282 g/mol. The van der Waals surface area contributed by atoms with Crippen LogP contribution in [-0.4, -0.2) is 26.6 Å². The van der Waals surface area contributed by atoms with Crippen molar-refractivity contribution in [1.82, 2.24) is 4.40 Å². The Morgan fingerprint density at radius 1 is 0.955 bits per heavy atom. The molecule has 0 bridgehead atoms. The highest BCUT2D eigenvalue weighted by Gasteiger charge is 2.26. The molecule has 0 amide bonds. The standard InChI is InChI=1S/C17H11NO4/c1-8-7-9-3-2-4-12-14(17(21)22)13(16(19)20)11-6-5-10(8)15(11)18(9)12/h2-7H,1H3,(H,19,20)(H,21,22). The van der Waals surface area contributed by atoms with Crippen molar-refractivity contribution in [2.24, 2.45) is 0 Å². The van der Waals surface area contributed by atoms with Gasteiger partial charge in [0.25, 0.3) is 0 Å². The summed E-state index contributed by atoms with van der Waals surface area (Å²) >= 11 is 0. The summed E-state index contributed by atoms with van der Waals surface area (Å²) in [6.45, 7) is 1.96. The van der Waals surface area contributed by atoms with Crippen molar-refractivity contribution in [2.75, 3.05) is 0 Å². The Labute approximate surface area is 124 Å². The van der Waals surface area contributed by atoms with Crippen LogP contribution in [0.5, 0.6) is 0 Å². The highest BCUT2D eigenvalue weighted by molar-refractivity contribution is 6.19. The first-order valence-corrected chi connectivity index (χ1v) is 6.76. The van der Waals surface area contributed by atoms with Crippen LogP contribution in [-0.2, 0) is 0 Å². The van der Waals surface area contributed by atoms with Crippen LogP contribution in [0.2, 0.25) is 0 Å². The number of carboxylic acid groups (broad SMARTS) is 2. The van der Waals surface area contributed by atoms with Gasteiger partial charge in [0.2, 0.25) is 0 Å². The molecule has 4 rings (SSSR count). The zero-order valence-corrected chi connectivity index (χ0v) is 11.6. The third-order valence-electron chi connectivity index (χ3n) is 4.16. The number of aromatic nitrogens is 1. The molecule has 0 unspecified atom stereocenters. The van der Waals surface area contributed by atoms with Gasteiger partial charge in [-0.2, -0.15) is 0 Å². The van der Waals surface area contributed by atoms with Crippen LogP contribution >= 0.6 is 0 Å². The first-order valence-electron chi connectivity index (χ1n) is 6.76. The first-order chi connectivity index (χ1) is 10.5. The van der Waals surface area contributed by atoms with E-state index >= 15 is 0 Å². The summed E-state index contributed by atoms with van der Waals surface area (Å²) in [5.74, 6) is -2.47. The summed E-state index contributed by atoms with van der Waals surface area (Å²) in [5.41, 5.74) is 2.70. The largest absolute Gasteiger partial charge is 0.478 e. The van der Waals surface area contributed by atoms with Crippen molar-refractivity contribution in [3.63, 3.8) is 0 Å². The van der Waals surface area contributed by atoms with E-state index in [1.807, 2.05) is 29.5 Å². The number of hydrogen-bond donors (Lipinski definition) is 2. The maximum atomic E-state index is 11.7. The summed E-state index contributed by atoms with van der Waals surface area (Å²) in [7, 11) is 0. The quantitative estimate of drug-likeness (QED) is 0.593. The van der Waals surface area contributed by atoms with E-state index in [1.54, 1.807) is 18.2 Å². The molecule has 0 radical (unpaired) electrons. The monoisotopic (exact) mass is 293 g/mol. The molecule has 2 N–H and O–H groups in total. The first kappa shape index (κ1) is 12.6. The second-order valence-corrected chi connectivity index (χ2v) is 5.37. The zero-order valence-electron chi connectivity index (χ0n) is 11.6. The number of aryl methyl sites for hydroxylation is 1. The van der Waals surface area contributed by atoms with E-state index in [1.165, 1.54) is 0 Å². The minimum atomic E-state index is -1.24. The van der Waals surface area contributed by atoms with Crippen LogP contribution in [0.15, 0.2) is 36.4 Å². The molecule has 0 saturated heterocycles. The lowest BCUT2D eigenvalue weighted by molar-refractivity contribution is 0.0654. The Kier molecular flexibility index (Phi) is 2.29. The third kappa shape index (κ3) is 1.37. The van der Waals surface area contributed by atoms with Gasteiger partial charge in [-0.3, -0.25) is 0 Å². The predicted octanol–water partition coefficient (Wildman–Crippen LogP) is 3.39. The van der Waals surface area contributed by atoms with Crippen LogP contribution in [0.1, 0.15) is 26.3 Å². The van der Waals surface area contributed by atoms with E-state index in [0.29, 0.717) is 10.9 Å². The Bertz CT molecular complexity index is 1090. The molecule has 22 heavy (non-hydrogen) atoms. The van der Waals surface area contributed by atoms with Crippen LogP contribution in [0.25, 0.3) is 27.3 Å². The Hall–Kier alpha value is -3.08. The summed E-state index contributed by atoms with van der Waals surface area (Å²) in [6, 6.07) is 10.8. The van der Waals surface area contributed by atoms with E-state index in [2.05, 4.69) is 0 Å². The summed E-state index contributed by atoms with van der Waals surface area (Å²) < 4.78 is 1.83. The van der Waals surface area contributed by atoms with Gasteiger partial charge in [0.05, 0.1) is 22.2 Å². The SMILES string of the molecule is Cc1cc2cccc3c(C(=O)O)c(C(=O)O)c4ccc1c4n23. The molecule has 0 saturated carbocycles. The second kappa shape index (κ2) is 3.98. The molecule has 5 heteroatoms. The van der Waals surface area contributed by atoms with Crippen molar-refractivity contribution in [1.29, 1.82) is 0 Å². The van der Waals surface area contributed by atoms with Crippen LogP contribution in [0.4, 0.5) is 0 Å². The maximum absolute atomic E-state index is 11.7. The maximum Gasteiger partial charge on any atom is 0.338 e. The summed E-state index contributed by atoms with van der Waals surface area (Å²) in [4.78, 5) is 23.4. The molecule has 0 spiro atoms. The second-order valence-electron chi connectivity index (χ2n) is 5.37. The average molecular weight is 293 g/mol. The number of hydrogen-bond acceptors (Lipinski definition) is 2. The molecule has 0 aliphatic heterocycles. The van der Waals surface area contributed by atoms with E-state index in [0.717, 1.165) is 22.0 Å². The fourth-order valence-corrected chi connectivity index (χ4v) is 3.31. The number of carbonyl (C=O) groups is 2. The van der Waals surface area contributed by atoms with Crippen molar-refractivity contribution >= 4 is 39.3 Å². The van der Waals surface area contributed by atoms with Gasteiger partial charge in [0.1, 0.15) is 0 Å². The topological polar surface area (TPSA) is 79.0 Å². The molecule has 1 aromatic carbocycles. The highest BCUT2D eigenvalue weighted by Crippen LogP contribution is 2.35. The molecule has 0 aliphatic rings. The minimum Gasteiger partial charge on any atom is -0.478 e. The van der Waals surface area contributed by atoms with Crippen LogP contribution in [0, 0.1) is 6.92 Å². The molecule has 0 fully saturated rings. The Morgan fingerprint density at radius 2 is 1.64 bits per heavy atom. The molecule has 5 nitrogen and oxygen atoms in total. The fourth-order valence-electron chi connectivity index (χ4n) is 3.31. The number of pyridine rings is 3. The average Bonchev–Trinajstić information content (AvgIpc) is 2.90. The Morgan fingerprint density at radius 3 is 2.32 bits per heavy atom. The lowest BCUT2D eigenvalue weighted by Crippen LogP contribution is -2.12. The van der Waals surface area contributed by atoms with Crippen molar-refractivity contribution in [3.05, 3.63) is 53.1 Å². The molecule has 108 valence electrons. The van der Waals surface area contributed by atoms with Crippen molar-refractivity contribution in [3.8, 4) is 0 Å². The number of carboxylic acids is 2. The number of aromatic carboxylic acids is 2. The van der Waals surface area contributed by atoms with E-state index < -0.39 is 11.9 Å². The van der Waals surface area contributed by atoms with E-state index in [4.69, 9.17) is 0 Å². The smallest absolute Gasteiger partial charge is 0.338 e. The highest BCUT2D eigenvalue weighted by atomic mass is 16.4. The predicted molar refractivity (Wildman–Crippen MR) is 82.3 cm³/mol. The van der Waals surface area contributed by atoms with Gasteiger partial charge in [0, 0.05) is 16.3 Å². The zero-order chi connectivity index (χ0) is 15.6. The lowest BCUT2D eigenvalue weighted by Gasteiger charge is -2.16. The van der Waals surface area contributed by atoms with Gasteiger partial charge in [-0.05, 0) is 30.7 Å². The van der Waals surface area contributed by atoms with Gasteiger partial charge in [-0.25, -0.2) is 9.59 Å². The lowest BCUT2D eigenvalue weighted by atomic mass is 10.0. The number of nitrogens with zero attached hydrogens (tertiary/aromatic N) is 1. The van der Waals surface area contributed by atoms with E-state index in [9.17, 15) is 19.8 Å². The van der Waals surface area contributed by atoms with Crippen LogP contribution < -0.4 is 0 Å². The van der Waals surface area contributed by atoms with Gasteiger partial charge < -0.3 is 14.6 Å². The van der Waals surface area contributed by atoms with Crippen LogP contribution in [0.3, 0.4) is 0 Å². The van der Waals surface area contributed by atoms with Gasteiger partial charge in [0.15, 0.2) is 0 Å². The van der Waals surface area contributed by atoms with Crippen molar-refractivity contribution < 1.29 is 19.8 Å².